The van der Waals surface area contributed by atoms with E-state index in [1.54, 1.807) is 4.68 Å². The Morgan fingerprint density at radius 3 is 2.55 bits per heavy atom. The van der Waals surface area contributed by atoms with E-state index in [0.717, 1.165) is 16.7 Å². The molecule has 1 aliphatic carbocycles. The molecule has 1 N–H and O–H groups in total. The van der Waals surface area contributed by atoms with Gasteiger partial charge < -0.3 is 5.11 Å². The molecule has 0 radical (unpaired) electrons. The number of aliphatic carboxylic acids is 1. The minimum Gasteiger partial charge on any atom is -0.481 e. The van der Waals surface area contributed by atoms with Crippen molar-refractivity contribution in [2.24, 2.45) is 5.41 Å². The van der Waals surface area contributed by atoms with E-state index in [1.807, 2.05) is 32.0 Å². The molecule has 0 atom stereocenters. The lowest BCUT2D eigenvalue weighted by molar-refractivity contribution is -0.144. The van der Waals surface area contributed by atoms with E-state index >= 15 is 0 Å². The molecule has 0 aliphatic heterocycles. The number of carboxylic acid groups (broad SMARTS) is 1. The third-order valence-electron chi connectivity index (χ3n) is 4.00. The normalized spacial score (nSPS) is 16.1. The smallest absolute Gasteiger partial charge is 0.311 e. The van der Waals surface area contributed by atoms with E-state index in [1.165, 1.54) is 0 Å². The molecule has 0 unspecified atom stereocenters. The maximum atomic E-state index is 11.3. The van der Waals surface area contributed by atoms with E-state index < -0.39 is 11.4 Å². The Kier molecular flexibility index (Phi) is 2.81. The monoisotopic (exact) mass is 272 g/mol. The Morgan fingerprint density at radius 1 is 1.35 bits per heavy atom. The van der Waals surface area contributed by atoms with Crippen LogP contribution in [0.2, 0.25) is 0 Å². The van der Waals surface area contributed by atoms with Crippen molar-refractivity contribution in [3.8, 4) is 11.4 Å². The van der Waals surface area contributed by atoms with Gasteiger partial charge in [-0.1, -0.05) is 18.2 Å². The van der Waals surface area contributed by atoms with Gasteiger partial charge in [-0.2, -0.15) is 0 Å². The average Bonchev–Trinajstić information content (AvgIpc) is 3.04. The summed E-state index contributed by atoms with van der Waals surface area (Å²) in [6, 6.07) is 6.00. The summed E-state index contributed by atoms with van der Waals surface area (Å²) in [6.45, 7) is 4.34. The Hall–Kier alpha value is -2.24. The number of aryl methyl sites for hydroxylation is 2. The Bertz CT molecular complexity index is 653. The zero-order valence-corrected chi connectivity index (χ0v) is 11.5. The van der Waals surface area contributed by atoms with E-state index in [9.17, 15) is 9.90 Å². The van der Waals surface area contributed by atoms with Gasteiger partial charge in [-0.05, 0) is 48.2 Å². The molecule has 1 aromatic heterocycles. The zero-order chi connectivity index (χ0) is 14.3. The highest BCUT2D eigenvalue weighted by molar-refractivity contribution is 5.77. The minimum atomic E-state index is -0.763. The minimum absolute atomic E-state index is 0.332. The van der Waals surface area contributed by atoms with Gasteiger partial charge in [0, 0.05) is 5.56 Å². The summed E-state index contributed by atoms with van der Waals surface area (Å²) >= 11 is 0. The number of carboxylic acids is 1. The van der Waals surface area contributed by atoms with Gasteiger partial charge in [0.05, 0.1) is 12.0 Å². The third-order valence-corrected chi connectivity index (χ3v) is 4.00. The molecule has 6 nitrogen and oxygen atoms in total. The molecule has 1 aliphatic rings. The van der Waals surface area contributed by atoms with Crippen LogP contribution in [-0.4, -0.2) is 31.3 Å². The van der Waals surface area contributed by atoms with Gasteiger partial charge in [-0.15, -0.1) is 5.10 Å². The number of carbonyl (C=O) groups is 1. The van der Waals surface area contributed by atoms with Gasteiger partial charge in [-0.3, -0.25) is 4.79 Å². The van der Waals surface area contributed by atoms with Crippen LogP contribution in [0.3, 0.4) is 0 Å². The van der Waals surface area contributed by atoms with E-state index in [-0.39, 0.29) is 0 Å². The number of nitrogens with zero attached hydrogens (tertiary/aromatic N) is 4. The van der Waals surface area contributed by atoms with Crippen molar-refractivity contribution in [1.29, 1.82) is 0 Å². The average molecular weight is 272 g/mol. The first-order valence-electron chi connectivity index (χ1n) is 6.60. The molecule has 104 valence electrons. The van der Waals surface area contributed by atoms with Gasteiger partial charge in [0.2, 0.25) is 0 Å². The fourth-order valence-corrected chi connectivity index (χ4v) is 2.53. The molecule has 1 saturated carbocycles. The lowest BCUT2D eigenvalue weighted by Crippen LogP contribution is -2.23. The number of tetrazole rings is 1. The first kappa shape index (κ1) is 12.8. The van der Waals surface area contributed by atoms with Crippen molar-refractivity contribution in [2.45, 2.75) is 33.2 Å². The first-order valence-corrected chi connectivity index (χ1v) is 6.60. The fourth-order valence-electron chi connectivity index (χ4n) is 2.53. The molecule has 6 heteroatoms. The Balaban J connectivity index is 2.01. The highest BCUT2D eigenvalue weighted by atomic mass is 16.4. The summed E-state index contributed by atoms with van der Waals surface area (Å²) in [5.41, 5.74) is 2.47. The SMILES string of the molecule is Cc1cccc(C)c1-c1nnnn1CC1(C(=O)O)CC1. The molecule has 1 heterocycles. The van der Waals surface area contributed by atoms with Crippen LogP contribution in [0.25, 0.3) is 11.4 Å². The largest absolute Gasteiger partial charge is 0.481 e. The molecular weight excluding hydrogens is 256 g/mol. The number of benzene rings is 1. The molecule has 20 heavy (non-hydrogen) atoms. The van der Waals surface area contributed by atoms with Crippen molar-refractivity contribution in [1.82, 2.24) is 20.2 Å². The van der Waals surface area contributed by atoms with Crippen LogP contribution in [0, 0.1) is 19.3 Å². The highest BCUT2D eigenvalue weighted by Gasteiger charge is 2.51. The van der Waals surface area contributed by atoms with Gasteiger partial charge in [0.25, 0.3) is 0 Å². The van der Waals surface area contributed by atoms with Gasteiger partial charge in [0.1, 0.15) is 0 Å². The summed E-state index contributed by atoms with van der Waals surface area (Å²) in [7, 11) is 0. The van der Waals surface area contributed by atoms with Crippen LogP contribution >= 0.6 is 0 Å². The van der Waals surface area contributed by atoms with Crippen molar-refractivity contribution >= 4 is 5.97 Å². The summed E-state index contributed by atoms with van der Waals surface area (Å²) in [5, 5.41) is 21.1. The van der Waals surface area contributed by atoms with Crippen LogP contribution in [0.15, 0.2) is 18.2 Å². The number of rotatable bonds is 4. The van der Waals surface area contributed by atoms with Gasteiger partial charge >= 0.3 is 5.97 Å². The summed E-state index contributed by atoms with van der Waals surface area (Å²) in [5.74, 6) is -0.117. The molecule has 1 aromatic carbocycles. The topological polar surface area (TPSA) is 80.9 Å². The summed E-state index contributed by atoms with van der Waals surface area (Å²) in [6.07, 6.45) is 1.38. The maximum absolute atomic E-state index is 11.3. The fraction of sp³-hybridized carbons (Fsp3) is 0.429. The van der Waals surface area contributed by atoms with E-state index in [2.05, 4.69) is 15.5 Å². The van der Waals surface area contributed by atoms with Crippen LogP contribution in [-0.2, 0) is 11.3 Å². The highest BCUT2D eigenvalue weighted by Crippen LogP contribution is 2.47. The standard InChI is InChI=1S/C14H16N4O2/c1-9-4-3-5-10(2)11(9)12-15-16-17-18(12)8-14(6-7-14)13(19)20/h3-5H,6-8H2,1-2H3,(H,19,20). The third kappa shape index (κ3) is 1.97. The molecule has 0 saturated heterocycles. The van der Waals surface area contributed by atoms with Crippen molar-refractivity contribution in [2.75, 3.05) is 0 Å². The summed E-state index contributed by atoms with van der Waals surface area (Å²) < 4.78 is 1.62. The number of hydrogen-bond donors (Lipinski definition) is 1. The molecule has 2 aromatic rings. The second kappa shape index (κ2) is 4.40. The van der Waals surface area contributed by atoms with Crippen molar-refractivity contribution in [3.63, 3.8) is 0 Å². The van der Waals surface area contributed by atoms with E-state index in [4.69, 9.17) is 0 Å². The van der Waals surface area contributed by atoms with E-state index in [0.29, 0.717) is 25.2 Å². The van der Waals surface area contributed by atoms with Crippen molar-refractivity contribution in [3.05, 3.63) is 29.3 Å². The second-order valence-corrected chi connectivity index (χ2v) is 5.51. The van der Waals surface area contributed by atoms with Crippen LogP contribution in [0.1, 0.15) is 24.0 Å². The predicted molar refractivity (Wildman–Crippen MR) is 72.0 cm³/mol. The van der Waals surface area contributed by atoms with Crippen molar-refractivity contribution < 1.29 is 9.90 Å². The first-order chi connectivity index (χ1) is 9.53. The predicted octanol–water partition coefficient (Wildman–Crippen LogP) is 1.82. The van der Waals surface area contributed by atoms with Gasteiger partial charge in [-0.25, -0.2) is 4.68 Å². The molecule has 1 fully saturated rings. The number of aromatic nitrogens is 4. The maximum Gasteiger partial charge on any atom is 0.311 e. The molecule has 0 bridgehead atoms. The summed E-state index contributed by atoms with van der Waals surface area (Å²) in [4.78, 5) is 11.3. The number of hydrogen-bond acceptors (Lipinski definition) is 4. The molecular formula is C14H16N4O2. The molecule has 0 spiro atoms. The van der Waals surface area contributed by atoms with Crippen LogP contribution in [0.4, 0.5) is 0 Å². The Morgan fingerprint density at radius 2 is 2.00 bits per heavy atom. The molecule has 0 amide bonds. The zero-order valence-electron chi connectivity index (χ0n) is 11.5. The lowest BCUT2D eigenvalue weighted by atomic mass is 10.0. The molecule has 3 rings (SSSR count). The quantitative estimate of drug-likeness (QED) is 0.918. The van der Waals surface area contributed by atoms with Crippen LogP contribution in [0.5, 0.6) is 0 Å². The van der Waals surface area contributed by atoms with Gasteiger partial charge in [0.15, 0.2) is 5.82 Å². The Labute approximate surface area is 116 Å². The second-order valence-electron chi connectivity index (χ2n) is 5.51. The lowest BCUT2D eigenvalue weighted by Gasteiger charge is -2.13. The van der Waals surface area contributed by atoms with Crippen LogP contribution < -0.4 is 0 Å².